The molecule has 1 unspecified atom stereocenters. The highest BCUT2D eigenvalue weighted by molar-refractivity contribution is 6.75. The van der Waals surface area contributed by atoms with Crippen molar-refractivity contribution in [3.8, 4) is 0 Å². The van der Waals surface area contributed by atoms with E-state index in [1.165, 1.54) is 32.1 Å². The number of rotatable bonds is 11. The van der Waals surface area contributed by atoms with Crippen molar-refractivity contribution in [2.75, 3.05) is 0 Å². The topological polar surface area (TPSA) is 46.5 Å². The Morgan fingerprint density at radius 2 is 1.55 bits per heavy atom. The van der Waals surface area contributed by atoms with Gasteiger partial charge >= 0.3 is 0 Å². The highest BCUT2D eigenvalue weighted by Gasteiger charge is 2.40. The van der Waals surface area contributed by atoms with Crippen molar-refractivity contribution in [3.05, 3.63) is 0 Å². The average molecular weight is 331 g/mol. The maximum Gasteiger partial charge on any atom is 0.295 e. The quantitative estimate of drug-likeness (QED) is 0.406. The van der Waals surface area contributed by atoms with Crippen LogP contribution in [0.5, 0.6) is 0 Å². The molecule has 22 heavy (non-hydrogen) atoms. The highest BCUT2D eigenvalue weighted by Crippen LogP contribution is 2.36. The fraction of sp³-hybridized carbons (Fsp3) is 0.944. The molecule has 0 radical (unpaired) electrons. The van der Waals surface area contributed by atoms with Gasteiger partial charge in [0.05, 0.1) is 12.5 Å². The Morgan fingerprint density at radius 3 is 2.05 bits per heavy atom. The highest BCUT2D eigenvalue weighted by atomic mass is 28.4. The van der Waals surface area contributed by atoms with Crippen LogP contribution in [0, 0.1) is 0 Å². The number of aliphatic hydroxyl groups excluding tert-OH is 1. The Balaban J connectivity index is 3.83. The van der Waals surface area contributed by atoms with E-state index in [2.05, 4.69) is 40.8 Å². The molecule has 132 valence electrons. The van der Waals surface area contributed by atoms with Crippen molar-refractivity contribution in [1.82, 2.24) is 0 Å². The van der Waals surface area contributed by atoms with Gasteiger partial charge in [0.15, 0.2) is 0 Å². The summed E-state index contributed by atoms with van der Waals surface area (Å²) in [6.45, 7) is 12.7. The van der Waals surface area contributed by atoms with E-state index >= 15 is 0 Å². The van der Waals surface area contributed by atoms with Gasteiger partial charge in [-0.3, -0.25) is 4.79 Å². The predicted molar refractivity (Wildman–Crippen MR) is 96.5 cm³/mol. The molecule has 0 aromatic carbocycles. The van der Waals surface area contributed by atoms with Crippen LogP contribution in [0.4, 0.5) is 0 Å². The van der Waals surface area contributed by atoms with Crippen LogP contribution in [-0.4, -0.2) is 25.5 Å². The SMILES string of the molecule is CCCCCCCCCC(O)CC(=O)O[Si](C)(C)C(C)(C)C. The van der Waals surface area contributed by atoms with Crippen LogP contribution in [-0.2, 0) is 9.22 Å². The lowest BCUT2D eigenvalue weighted by atomic mass is 10.1. The van der Waals surface area contributed by atoms with Crippen molar-refractivity contribution in [1.29, 1.82) is 0 Å². The summed E-state index contributed by atoms with van der Waals surface area (Å²) in [4.78, 5) is 12.0. The van der Waals surface area contributed by atoms with Crippen molar-refractivity contribution in [2.24, 2.45) is 0 Å². The molecule has 0 spiro atoms. The van der Waals surface area contributed by atoms with Gasteiger partial charge in [-0.25, -0.2) is 0 Å². The number of hydrogen-bond acceptors (Lipinski definition) is 3. The lowest BCUT2D eigenvalue weighted by Gasteiger charge is -2.35. The fourth-order valence-electron chi connectivity index (χ4n) is 2.11. The lowest BCUT2D eigenvalue weighted by Crippen LogP contribution is -2.43. The minimum atomic E-state index is -2.05. The van der Waals surface area contributed by atoms with E-state index < -0.39 is 14.4 Å². The smallest absolute Gasteiger partial charge is 0.295 e. The summed E-state index contributed by atoms with van der Waals surface area (Å²) < 4.78 is 5.68. The minimum absolute atomic E-state index is 0.0199. The van der Waals surface area contributed by atoms with Gasteiger partial charge in [0.25, 0.3) is 14.3 Å². The van der Waals surface area contributed by atoms with Crippen molar-refractivity contribution < 1.29 is 14.3 Å². The zero-order valence-corrected chi connectivity index (χ0v) is 16.7. The van der Waals surface area contributed by atoms with Gasteiger partial charge in [0.1, 0.15) is 0 Å². The third-order valence-electron chi connectivity index (χ3n) is 4.72. The second-order valence-electron chi connectivity index (χ2n) is 8.00. The van der Waals surface area contributed by atoms with E-state index in [0.717, 1.165) is 12.8 Å². The van der Waals surface area contributed by atoms with Crippen molar-refractivity contribution >= 4 is 14.3 Å². The summed E-state index contributed by atoms with van der Waals surface area (Å²) in [5.74, 6) is -0.234. The number of unbranched alkanes of at least 4 members (excludes halogenated alkanes) is 6. The maximum absolute atomic E-state index is 12.0. The molecular formula is C18H38O3Si. The van der Waals surface area contributed by atoms with Gasteiger partial charge in [-0.2, -0.15) is 0 Å². The second-order valence-corrected chi connectivity index (χ2v) is 12.7. The Bertz CT molecular complexity index is 308. The molecular weight excluding hydrogens is 292 g/mol. The Labute approximate surface area is 139 Å². The fourth-order valence-corrected chi connectivity index (χ4v) is 3.07. The van der Waals surface area contributed by atoms with Crippen LogP contribution >= 0.6 is 0 Å². The molecule has 3 nitrogen and oxygen atoms in total. The van der Waals surface area contributed by atoms with Crippen LogP contribution in [0.3, 0.4) is 0 Å². The number of carbonyl (C=O) groups is 1. The molecule has 0 bridgehead atoms. The van der Waals surface area contributed by atoms with Gasteiger partial charge in [-0.05, 0) is 24.6 Å². The standard InChI is InChI=1S/C18H38O3Si/c1-7-8-9-10-11-12-13-14-16(19)15-17(20)21-22(5,6)18(2,3)4/h16,19H,7-15H2,1-6H3. The molecule has 1 N–H and O–H groups in total. The van der Waals surface area contributed by atoms with Crippen LogP contribution < -0.4 is 0 Å². The first kappa shape index (κ1) is 21.6. The molecule has 0 heterocycles. The first-order valence-corrected chi connectivity index (χ1v) is 11.9. The monoisotopic (exact) mass is 330 g/mol. The van der Waals surface area contributed by atoms with Crippen molar-refractivity contribution in [3.63, 3.8) is 0 Å². The summed E-state index contributed by atoms with van der Waals surface area (Å²) in [7, 11) is -2.05. The molecule has 0 fully saturated rings. The van der Waals surface area contributed by atoms with Gasteiger partial charge in [-0.15, -0.1) is 0 Å². The zero-order valence-electron chi connectivity index (χ0n) is 15.7. The molecule has 0 saturated heterocycles. The third-order valence-corrected chi connectivity index (χ3v) is 9.07. The van der Waals surface area contributed by atoms with Gasteiger partial charge in [-0.1, -0.05) is 72.6 Å². The van der Waals surface area contributed by atoms with Crippen LogP contribution in [0.25, 0.3) is 0 Å². The predicted octanol–water partition coefficient (Wildman–Crippen LogP) is 5.43. The Kier molecular flexibility index (Phi) is 10.3. The average Bonchev–Trinajstić information content (AvgIpc) is 2.35. The minimum Gasteiger partial charge on any atom is -0.519 e. The summed E-state index contributed by atoms with van der Waals surface area (Å²) in [5.41, 5.74) is 0. The van der Waals surface area contributed by atoms with E-state index in [0.29, 0.717) is 6.42 Å². The summed E-state index contributed by atoms with van der Waals surface area (Å²) in [5, 5.41) is 9.99. The Hall–Kier alpha value is -0.353. The van der Waals surface area contributed by atoms with E-state index in [1.807, 2.05) is 0 Å². The second kappa shape index (κ2) is 10.4. The molecule has 0 rings (SSSR count). The first-order chi connectivity index (χ1) is 10.1. The largest absolute Gasteiger partial charge is 0.519 e. The van der Waals surface area contributed by atoms with Crippen molar-refractivity contribution in [2.45, 2.75) is 110 Å². The molecule has 0 aliphatic carbocycles. The summed E-state index contributed by atoms with van der Waals surface area (Å²) in [6.07, 6.45) is 8.89. The number of aliphatic hydroxyl groups is 1. The van der Waals surface area contributed by atoms with Crippen LogP contribution in [0.1, 0.15) is 85.5 Å². The molecule has 0 saturated carbocycles. The lowest BCUT2D eigenvalue weighted by molar-refractivity contribution is -0.137. The molecule has 4 heteroatoms. The molecule has 0 aromatic heterocycles. The van der Waals surface area contributed by atoms with E-state index in [4.69, 9.17) is 4.43 Å². The molecule has 0 aliphatic heterocycles. The summed E-state index contributed by atoms with van der Waals surface area (Å²) in [6, 6.07) is 0. The summed E-state index contributed by atoms with van der Waals surface area (Å²) >= 11 is 0. The number of carbonyl (C=O) groups excluding carboxylic acids is 1. The van der Waals surface area contributed by atoms with E-state index in [9.17, 15) is 9.90 Å². The molecule has 0 amide bonds. The van der Waals surface area contributed by atoms with E-state index in [1.54, 1.807) is 0 Å². The van der Waals surface area contributed by atoms with Gasteiger partial charge in [0, 0.05) is 0 Å². The molecule has 0 aliphatic rings. The molecule has 0 aromatic rings. The normalized spacial score (nSPS) is 14.0. The molecule has 1 atom stereocenters. The zero-order chi connectivity index (χ0) is 17.2. The first-order valence-electron chi connectivity index (χ1n) is 9.00. The Morgan fingerprint density at radius 1 is 1.05 bits per heavy atom. The van der Waals surface area contributed by atoms with Crippen LogP contribution in [0.15, 0.2) is 0 Å². The van der Waals surface area contributed by atoms with Gasteiger partial charge in [0.2, 0.25) is 0 Å². The van der Waals surface area contributed by atoms with E-state index in [-0.39, 0.29) is 17.4 Å². The third kappa shape index (κ3) is 9.62. The number of hydrogen-bond donors (Lipinski definition) is 1. The maximum atomic E-state index is 12.0. The van der Waals surface area contributed by atoms with Crippen LogP contribution in [0.2, 0.25) is 18.1 Å². The van der Waals surface area contributed by atoms with Gasteiger partial charge < -0.3 is 9.53 Å².